The maximum Gasteiger partial charge on any atom is 0.143 e. The van der Waals surface area contributed by atoms with Crippen molar-refractivity contribution in [3.63, 3.8) is 0 Å². The highest BCUT2D eigenvalue weighted by Gasteiger charge is 2.09. The van der Waals surface area contributed by atoms with E-state index < -0.39 is 5.82 Å². The van der Waals surface area contributed by atoms with Gasteiger partial charge in [-0.15, -0.1) is 0 Å². The second kappa shape index (κ2) is 5.86. The molecule has 0 unspecified atom stereocenters. The van der Waals surface area contributed by atoms with Gasteiger partial charge < -0.3 is 14.9 Å². The molecule has 0 amide bonds. The largest absolute Gasteiger partial charge is 0.506 e. The Bertz CT molecular complexity index is 572. The van der Waals surface area contributed by atoms with Crippen molar-refractivity contribution < 1.29 is 19.3 Å². The van der Waals surface area contributed by atoms with Crippen molar-refractivity contribution in [2.24, 2.45) is 0 Å². The molecule has 2 rings (SSSR count). The van der Waals surface area contributed by atoms with Crippen molar-refractivity contribution in [3.8, 4) is 11.5 Å². The molecule has 0 bridgehead atoms. The van der Waals surface area contributed by atoms with Gasteiger partial charge in [-0.3, -0.25) is 4.98 Å². The molecule has 0 radical (unpaired) electrons. The summed E-state index contributed by atoms with van der Waals surface area (Å²) in [6.45, 7) is -0.448. The standard InChI is InChI=1S/C13H11ClFNO3/c14-10-2-1-3-11(15)9(10)7-19-8-4-13(18)12(6-17)16-5-8/h1-5,17-18H,6-7H2. The molecule has 0 spiro atoms. The summed E-state index contributed by atoms with van der Waals surface area (Å²) >= 11 is 5.86. The van der Waals surface area contributed by atoms with Gasteiger partial charge in [-0.2, -0.15) is 0 Å². The summed E-state index contributed by atoms with van der Waals surface area (Å²) in [6, 6.07) is 5.65. The number of pyridine rings is 1. The van der Waals surface area contributed by atoms with Gasteiger partial charge in [-0.1, -0.05) is 17.7 Å². The molecule has 2 N–H and O–H groups in total. The minimum Gasteiger partial charge on any atom is -0.506 e. The minimum atomic E-state index is -0.461. The number of hydrogen-bond acceptors (Lipinski definition) is 4. The summed E-state index contributed by atoms with van der Waals surface area (Å²) in [6.07, 6.45) is 1.33. The molecule has 1 aromatic heterocycles. The van der Waals surface area contributed by atoms with Crippen LogP contribution in [0.25, 0.3) is 0 Å². The third kappa shape index (κ3) is 3.13. The van der Waals surface area contributed by atoms with Crippen LogP contribution in [0.4, 0.5) is 4.39 Å². The van der Waals surface area contributed by atoms with Gasteiger partial charge in [0.25, 0.3) is 0 Å². The van der Waals surface area contributed by atoms with E-state index in [0.717, 1.165) is 0 Å². The fourth-order valence-electron chi connectivity index (χ4n) is 1.49. The molecular formula is C13H11ClFNO3. The van der Waals surface area contributed by atoms with E-state index in [1.165, 1.54) is 24.4 Å². The van der Waals surface area contributed by atoms with Crippen molar-refractivity contribution >= 4 is 11.6 Å². The average molecular weight is 284 g/mol. The Morgan fingerprint density at radius 2 is 2.16 bits per heavy atom. The van der Waals surface area contributed by atoms with Gasteiger partial charge in [0.05, 0.1) is 17.8 Å². The fourth-order valence-corrected chi connectivity index (χ4v) is 1.71. The van der Waals surface area contributed by atoms with Crippen LogP contribution in [0.1, 0.15) is 11.3 Å². The molecule has 0 aliphatic rings. The topological polar surface area (TPSA) is 62.6 Å². The van der Waals surface area contributed by atoms with Gasteiger partial charge in [-0.05, 0) is 12.1 Å². The number of aromatic nitrogens is 1. The summed E-state index contributed by atoms with van der Waals surface area (Å²) in [5.74, 6) is -0.384. The zero-order chi connectivity index (χ0) is 13.8. The first kappa shape index (κ1) is 13.6. The molecule has 6 heteroatoms. The molecule has 0 saturated heterocycles. The van der Waals surface area contributed by atoms with Crippen molar-refractivity contribution in [1.82, 2.24) is 4.98 Å². The molecule has 2 aromatic rings. The molecule has 0 aliphatic heterocycles. The minimum absolute atomic E-state index is 0.0783. The van der Waals surface area contributed by atoms with E-state index in [1.54, 1.807) is 6.07 Å². The smallest absolute Gasteiger partial charge is 0.143 e. The Balaban J connectivity index is 2.13. The van der Waals surface area contributed by atoms with Crippen LogP contribution < -0.4 is 4.74 Å². The molecule has 19 heavy (non-hydrogen) atoms. The molecule has 100 valence electrons. The summed E-state index contributed by atoms with van der Waals surface area (Å²) in [5, 5.41) is 18.6. The van der Waals surface area contributed by atoms with E-state index in [2.05, 4.69) is 4.98 Å². The van der Waals surface area contributed by atoms with Crippen molar-refractivity contribution in [3.05, 3.63) is 52.6 Å². The number of aliphatic hydroxyl groups excluding tert-OH is 1. The van der Waals surface area contributed by atoms with Gasteiger partial charge in [0.15, 0.2) is 0 Å². The van der Waals surface area contributed by atoms with Gasteiger partial charge in [0, 0.05) is 11.6 Å². The Morgan fingerprint density at radius 3 is 2.79 bits per heavy atom. The number of rotatable bonds is 4. The van der Waals surface area contributed by atoms with E-state index in [-0.39, 0.29) is 41.0 Å². The number of nitrogens with zero attached hydrogens (tertiary/aromatic N) is 1. The van der Waals surface area contributed by atoms with Crippen LogP contribution in [0.2, 0.25) is 5.02 Å². The number of aliphatic hydroxyl groups is 1. The lowest BCUT2D eigenvalue weighted by molar-refractivity contribution is 0.266. The maximum atomic E-state index is 13.5. The van der Waals surface area contributed by atoms with Crippen LogP contribution in [0.15, 0.2) is 30.5 Å². The highest BCUT2D eigenvalue weighted by atomic mass is 35.5. The Kier molecular flexibility index (Phi) is 4.19. The number of benzene rings is 1. The normalized spacial score (nSPS) is 10.5. The quantitative estimate of drug-likeness (QED) is 0.905. The number of hydrogen-bond donors (Lipinski definition) is 2. The lowest BCUT2D eigenvalue weighted by atomic mass is 10.2. The van der Waals surface area contributed by atoms with Crippen LogP contribution in [0.3, 0.4) is 0 Å². The Hall–Kier alpha value is -1.85. The molecule has 4 nitrogen and oxygen atoms in total. The lowest BCUT2D eigenvalue weighted by Gasteiger charge is -2.09. The number of halogens is 2. The molecular weight excluding hydrogens is 273 g/mol. The van der Waals surface area contributed by atoms with Crippen LogP contribution in [0, 0.1) is 5.82 Å². The fraction of sp³-hybridized carbons (Fsp3) is 0.154. The zero-order valence-electron chi connectivity index (χ0n) is 9.81. The first-order chi connectivity index (χ1) is 9.11. The summed E-state index contributed by atoms with van der Waals surface area (Å²) in [5.41, 5.74) is 0.381. The van der Waals surface area contributed by atoms with Gasteiger partial charge in [0.2, 0.25) is 0 Å². The van der Waals surface area contributed by atoms with Crippen LogP contribution in [0.5, 0.6) is 11.5 Å². The average Bonchev–Trinajstić information content (AvgIpc) is 2.38. The van der Waals surface area contributed by atoms with Crippen LogP contribution in [-0.4, -0.2) is 15.2 Å². The zero-order valence-corrected chi connectivity index (χ0v) is 10.6. The highest BCUT2D eigenvalue weighted by molar-refractivity contribution is 6.31. The summed E-state index contributed by atoms with van der Waals surface area (Å²) in [4.78, 5) is 3.80. The van der Waals surface area contributed by atoms with Crippen molar-refractivity contribution in [2.45, 2.75) is 13.2 Å². The van der Waals surface area contributed by atoms with E-state index >= 15 is 0 Å². The number of ether oxygens (including phenoxy) is 1. The summed E-state index contributed by atoms with van der Waals surface area (Å²) in [7, 11) is 0. The van der Waals surface area contributed by atoms with Crippen LogP contribution >= 0.6 is 11.6 Å². The predicted molar refractivity (Wildman–Crippen MR) is 67.6 cm³/mol. The molecule has 0 atom stereocenters. The Labute approximate surface area is 114 Å². The van der Waals surface area contributed by atoms with Crippen LogP contribution in [-0.2, 0) is 13.2 Å². The first-order valence-corrected chi connectivity index (χ1v) is 5.84. The third-order valence-electron chi connectivity index (χ3n) is 2.52. The van der Waals surface area contributed by atoms with Gasteiger partial charge in [-0.25, -0.2) is 4.39 Å². The maximum absolute atomic E-state index is 13.5. The van der Waals surface area contributed by atoms with Crippen molar-refractivity contribution in [2.75, 3.05) is 0 Å². The summed E-state index contributed by atoms with van der Waals surface area (Å²) < 4.78 is 18.8. The van der Waals surface area contributed by atoms with E-state index in [4.69, 9.17) is 21.4 Å². The SMILES string of the molecule is OCc1ncc(OCc2c(F)cccc2Cl)cc1O. The lowest BCUT2D eigenvalue weighted by Crippen LogP contribution is -2.00. The Morgan fingerprint density at radius 1 is 1.37 bits per heavy atom. The highest BCUT2D eigenvalue weighted by Crippen LogP contribution is 2.24. The second-order valence-electron chi connectivity index (χ2n) is 3.78. The molecule has 0 saturated carbocycles. The molecule has 1 heterocycles. The van der Waals surface area contributed by atoms with E-state index in [9.17, 15) is 9.50 Å². The van der Waals surface area contributed by atoms with E-state index in [0.29, 0.717) is 0 Å². The number of aromatic hydroxyl groups is 1. The molecule has 0 fully saturated rings. The molecule has 1 aromatic carbocycles. The van der Waals surface area contributed by atoms with Gasteiger partial charge in [0.1, 0.15) is 29.6 Å². The second-order valence-corrected chi connectivity index (χ2v) is 4.19. The van der Waals surface area contributed by atoms with Gasteiger partial charge >= 0.3 is 0 Å². The first-order valence-electron chi connectivity index (χ1n) is 5.46. The van der Waals surface area contributed by atoms with E-state index in [1.807, 2.05) is 0 Å². The van der Waals surface area contributed by atoms with Crippen molar-refractivity contribution in [1.29, 1.82) is 0 Å². The monoisotopic (exact) mass is 283 g/mol. The predicted octanol–water partition coefficient (Wildman–Crippen LogP) is 2.65. The third-order valence-corrected chi connectivity index (χ3v) is 2.87. The molecule has 0 aliphatic carbocycles.